The molecule has 1 aliphatic heterocycles. The lowest BCUT2D eigenvalue weighted by molar-refractivity contribution is -0.121. The van der Waals surface area contributed by atoms with Gasteiger partial charge in [-0.2, -0.15) is 5.26 Å². The van der Waals surface area contributed by atoms with Crippen molar-refractivity contribution in [2.45, 2.75) is 44.3 Å². The van der Waals surface area contributed by atoms with Crippen LogP contribution in [-0.4, -0.2) is 79.9 Å². The van der Waals surface area contributed by atoms with E-state index in [0.29, 0.717) is 25.4 Å². The summed E-state index contributed by atoms with van der Waals surface area (Å²) in [5, 5.41) is 17.8. The number of amides is 3. The minimum atomic E-state index is -0.540. The van der Waals surface area contributed by atoms with Crippen LogP contribution in [0.4, 0.5) is 11.4 Å². The number of carbonyl (C=O) groups excluding carboxylic acids is 3. The Morgan fingerprint density at radius 1 is 1.21 bits per heavy atom. The molecule has 1 aromatic carbocycles. The molecule has 9 nitrogen and oxygen atoms in total. The van der Waals surface area contributed by atoms with Crippen LogP contribution >= 0.6 is 11.8 Å². The monoisotopic (exact) mass is 540 g/mol. The maximum Gasteiger partial charge on any atom is 0.240 e. The van der Waals surface area contributed by atoms with Gasteiger partial charge in [0.25, 0.3) is 0 Å². The molecule has 3 N–H and O–H groups in total. The second-order valence-corrected chi connectivity index (χ2v) is 10.6. The van der Waals surface area contributed by atoms with Gasteiger partial charge >= 0.3 is 0 Å². The predicted molar refractivity (Wildman–Crippen MR) is 154 cm³/mol. The van der Waals surface area contributed by atoms with Gasteiger partial charge < -0.3 is 20.9 Å². The lowest BCUT2D eigenvalue weighted by Gasteiger charge is -2.28. The SMILES string of the molecule is C#CCNC(=O)C[C@@H](C#N)CSC(CNc1cccc(N(C)C(=O)CN2CCCCC2)c1)C(=O)NCCC. The third-order valence-electron chi connectivity index (χ3n) is 6.25. The van der Waals surface area contributed by atoms with E-state index in [4.69, 9.17) is 6.42 Å². The molecule has 1 unspecified atom stereocenters. The number of nitriles is 1. The molecule has 0 bridgehead atoms. The molecule has 0 radical (unpaired) electrons. The van der Waals surface area contributed by atoms with E-state index in [2.05, 4.69) is 32.8 Å². The summed E-state index contributed by atoms with van der Waals surface area (Å²) >= 11 is 1.35. The maximum atomic E-state index is 12.8. The van der Waals surface area contributed by atoms with Gasteiger partial charge in [0.05, 0.1) is 25.1 Å². The summed E-state index contributed by atoms with van der Waals surface area (Å²) in [6, 6.07) is 9.71. The molecule has 1 aliphatic rings. The molecule has 1 saturated heterocycles. The molecule has 1 aromatic rings. The summed E-state index contributed by atoms with van der Waals surface area (Å²) < 4.78 is 0. The fourth-order valence-corrected chi connectivity index (χ4v) is 5.10. The van der Waals surface area contributed by atoms with Crippen LogP contribution in [0, 0.1) is 29.6 Å². The molecule has 2 atom stereocenters. The number of anilines is 2. The molecule has 3 amide bonds. The van der Waals surface area contributed by atoms with Crippen LogP contribution in [0.15, 0.2) is 24.3 Å². The first kappa shape index (κ1) is 31.0. The van der Waals surface area contributed by atoms with E-state index in [1.807, 2.05) is 31.2 Å². The molecule has 0 aliphatic carbocycles. The van der Waals surface area contributed by atoms with E-state index < -0.39 is 11.2 Å². The van der Waals surface area contributed by atoms with Crippen molar-refractivity contribution in [1.29, 1.82) is 5.26 Å². The summed E-state index contributed by atoms with van der Waals surface area (Å²) in [4.78, 5) is 41.5. The Morgan fingerprint density at radius 3 is 2.66 bits per heavy atom. The van der Waals surface area contributed by atoms with Gasteiger partial charge in [-0.15, -0.1) is 18.2 Å². The number of likely N-dealkylation sites (N-methyl/N-ethyl adjacent to an activating group) is 1. The first-order chi connectivity index (χ1) is 18.4. The molecule has 10 heteroatoms. The molecular weight excluding hydrogens is 500 g/mol. The molecule has 38 heavy (non-hydrogen) atoms. The zero-order valence-corrected chi connectivity index (χ0v) is 23.3. The van der Waals surface area contributed by atoms with Gasteiger partial charge in [0, 0.05) is 43.7 Å². The molecule has 0 aromatic heterocycles. The Kier molecular flexibility index (Phi) is 14.1. The second kappa shape index (κ2) is 17.3. The Bertz CT molecular complexity index is 999. The lowest BCUT2D eigenvalue weighted by Crippen LogP contribution is -2.40. The number of likely N-dealkylation sites (tertiary alicyclic amines) is 1. The summed E-state index contributed by atoms with van der Waals surface area (Å²) in [5.74, 6) is 1.77. The van der Waals surface area contributed by atoms with Gasteiger partial charge in [0.2, 0.25) is 17.7 Å². The average Bonchev–Trinajstić information content (AvgIpc) is 2.94. The quantitative estimate of drug-likeness (QED) is 0.293. The highest BCUT2D eigenvalue weighted by Gasteiger charge is 2.23. The van der Waals surface area contributed by atoms with Gasteiger partial charge in [0.1, 0.15) is 5.25 Å². The van der Waals surface area contributed by atoms with Crippen molar-refractivity contribution in [2.75, 3.05) is 62.3 Å². The standard InChI is InChI=1S/C28H40N6O3S/c1-4-12-30-26(35)16-22(18-29)21-38-25(28(37)31-13-5-2)19-32-23-10-9-11-24(17-23)33(3)27(36)20-34-14-7-6-8-15-34/h1,9-11,17,22,25,32H,5-8,12-16,19-21H2,2-3H3,(H,30,35)(H,31,37)/t22-,25?/m0/s1. The van der Waals surface area contributed by atoms with Crippen molar-refractivity contribution >= 4 is 40.9 Å². The number of rotatable bonds is 15. The smallest absolute Gasteiger partial charge is 0.240 e. The molecule has 1 fully saturated rings. The third-order valence-corrected chi connectivity index (χ3v) is 7.63. The number of benzene rings is 1. The molecule has 0 spiro atoms. The fourth-order valence-electron chi connectivity index (χ4n) is 4.00. The van der Waals surface area contributed by atoms with Crippen molar-refractivity contribution in [1.82, 2.24) is 15.5 Å². The van der Waals surface area contributed by atoms with Crippen molar-refractivity contribution in [3.05, 3.63) is 24.3 Å². The minimum Gasteiger partial charge on any atom is -0.383 e. The first-order valence-corrected chi connectivity index (χ1v) is 14.2. The predicted octanol–water partition coefficient (Wildman–Crippen LogP) is 2.45. The largest absolute Gasteiger partial charge is 0.383 e. The second-order valence-electron chi connectivity index (χ2n) is 9.34. The van der Waals surface area contributed by atoms with Crippen molar-refractivity contribution in [3.8, 4) is 18.4 Å². The van der Waals surface area contributed by atoms with Gasteiger partial charge in [0.15, 0.2) is 0 Å². The van der Waals surface area contributed by atoms with E-state index in [1.54, 1.807) is 11.9 Å². The van der Waals surface area contributed by atoms with E-state index in [1.165, 1.54) is 18.2 Å². The average molecular weight is 541 g/mol. The Labute approximate surface area is 231 Å². The highest BCUT2D eigenvalue weighted by atomic mass is 32.2. The number of carbonyl (C=O) groups is 3. The normalized spacial score (nSPS) is 14.8. The number of nitrogens with zero attached hydrogens (tertiary/aromatic N) is 3. The van der Waals surface area contributed by atoms with Gasteiger partial charge in [-0.05, 0) is 50.6 Å². The van der Waals surface area contributed by atoms with Crippen LogP contribution in [0.2, 0.25) is 0 Å². The number of hydrogen-bond acceptors (Lipinski definition) is 7. The van der Waals surface area contributed by atoms with Gasteiger partial charge in [-0.1, -0.05) is 25.3 Å². The summed E-state index contributed by atoms with van der Waals surface area (Å²) in [6.07, 6.45) is 9.50. The number of hydrogen-bond donors (Lipinski definition) is 3. The Morgan fingerprint density at radius 2 is 1.97 bits per heavy atom. The highest BCUT2D eigenvalue weighted by Crippen LogP contribution is 2.22. The van der Waals surface area contributed by atoms with E-state index in [0.717, 1.165) is 43.7 Å². The molecule has 0 saturated carbocycles. The van der Waals surface area contributed by atoms with Crippen LogP contribution in [0.5, 0.6) is 0 Å². The van der Waals surface area contributed by atoms with Crippen LogP contribution in [-0.2, 0) is 14.4 Å². The van der Waals surface area contributed by atoms with Crippen LogP contribution in [0.1, 0.15) is 39.0 Å². The first-order valence-electron chi connectivity index (χ1n) is 13.2. The number of terminal acetylenes is 1. The summed E-state index contributed by atoms with van der Waals surface area (Å²) in [5.41, 5.74) is 1.57. The van der Waals surface area contributed by atoms with Crippen molar-refractivity contribution in [2.24, 2.45) is 5.92 Å². The number of nitrogens with one attached hydrogen (secondary N) is 3. The van der Waals surface area contributed by atoms with Crippen LogP contribution < -0.4 is 20.9 Å². The molecule has 2 rings (SSSR count). The maximum absolute atomic E-state index is 12.8. The van der Waals surface area contributed by atoms with Crippen molar-refractivity contribution < 1.29 is 14.4 Å². The van der Waals surface area contributed by atoms with Crippen LogP contribution in [0.3, 0.4) is 0 Å². The number of piperidine rings is 1. The molecular formula is C28H40N6O3S. The molecule has 1 heterocycles. The summed E-state index contributed by atoms with van der Waals surface area (Å²) in [6.45, 7) is 5.32. The van der Waals surface area contributed by atoms with E-state index in [9.17, 15) is 19.6 Å². The Hall–Kier alpha value is -3.21. The highest BCUT2D eigenvalue weighted by molar-refractivity contribution is 8.00. The van der Waals surface area contributed by atoms with Gasteiger partial charge in [-0.25, -0.2) is 0 Å². The number of thioether (sulfide) groups is 1. The minimum absolute atomic E-state index is 0.0295. The zero-order chi connectivity index (χ0) is 27.8. The molecule has 206 valence electrons. The van der Waals surface area contributed by atoms with Crippen LogP contribution in [0.25, 0.3) is 0 Å². The summed E-state index contributed by atoms with van der Waals surface area (Å²) in [7, 11) is 1.78. The fraction of sp³-hybridized carbons (Fsp3) is 0.571. The zero-order valence-electron chi connectivity index (χ0n) is 22.5. The lowest BCUT2D eigenvalue weighted by atomic mass is 10.1. The Balaban J connectivity index is 1.98. The third kappa shape index (κ3) is 11.0. The van der Waals surface area contributed by atoms with E-state index >= 15 is 0 Å². The topological polar surface area (TPSA) is 118 Å². The van der Waals surface area contributed by atoms with E-state index in [-0.39, 0.29) is 30.7 Å². The van der Waals surface area contributed by atoms with Crippen molar-refractivity contribution in [3.63, 3.8) is 0 Å². The van der Waals surface area contributed by atoms with Gasteiger partial charge in [-0.3, -0.25) is 19.3 Å².